The molecule has 2 aromatic rings. The van der Waals surface area contributed by atoms with Gasteiger partial charge in [0.25, 0.3) is 0 Å². The van der Waals surface area contributed by atoms with E-state index in [-0.39, 0.29) is 12.6 Å². The summed E-state index contributed by atoms with van der Waals surface area (Å²) < 4.78 is 42.8. The quantitative estimate of drug-likeness (QED) is 0.927. The number of rotatable bonds is 4. The molecular weight excluding hydrogens is 275 g/mol. The highest BCUT2D eigenvalue weighted by Crippen LogP contribution is 2.31. The summed E-state index contributed by atoms with van der Waals surface area (Å²) in [7, 11) is 0. The molecule has 2 rings (SSSR count). The van der Waals surface area contributed by atoms with Crippen molar-refractivity contribution < 1.29 is 17.9 Å². The van der Waals surface area contributed by atoms with E-state index < -0.39 is 11.7 Å². The molecule has 6 heteroatoms. The summed E-state index contributed by atoms with van der Waals surface area (Å²) in [4.78, 5) is 0.947. The van der Waals surface area contributed by atoms with Crippen LogP contribution < -0.4 is 10.5 Å². The Kier molecular flexibility index (Phi) is 4.11. The van der Waals surface area contributed by atoms with E-state index in [1.54, 1.807) is 0 Å². The van der Waals surface area contributed by atoms with Crippen molar-refractivity contribution in [2.45, 2.75) is 12.3 Å². The van der Waals surface area contributed by atoms with Crippen LogP contribution in [0.3, 0.4) is 0 Å². The first-order chi connectivity index (χ1) is 9.00. The SMILES string of the molecule is NCC(Oc1ccc(C(F)(F)F)cc1)c1cccs1. The van der Waals surface area contributed by atoms with Crippen LogP contribution in [0.4, 0.5) is 13.2 Å². The summed E-state index contributed by atoms with van der Waals surface area (Å²) in [5.74, 6) is 0.372. The van der Waals surface area contributed by atoms with Gasteiger partial charge in [0.2, 0.25) is 0 Å². The molecule has 2 N–H and O–H groups in total. The Labute approximate surface area is 112 Å². The average Bonchev–Trinajstić information content (AvgIpc) is 2.89. The summed E-state index contributed by atoms with van der Waals surface area (Å²) in [5, 5.41) is 1.90. The average molecular weight is 287 g/mol. The number of halogens is 3. The molecule has 0 radical (unpaired) electrons. The van der Waals surface area contributed by atoms with Crippen LogP contribution in [0, 0.1) is 0 Å². The van der Waals surface area contributed by atoms with Crippen molar-refractivity contribution in [1.82, 2.24) is 0 Å². The van der Waals surface area contributed by atoms with Gasteiger partial charge in [-0.3, -0.25) is 0 Å². The van der Waals surface area contributed by atoms with Crippen molar-refractivity contribution in [2.24, 2.45) is 5.73 Å². The zero-order valence-corrected chi connectivity index (χ0v) is 10.7. The molecule has 2 nitrogen and oxygen atoms in total. The van der Waals surface area contributed by atoms with Gasteiger partial charge in [-0.05, 0) is 35.7 Å². The number of alkyl halides is 3. The van der Waals surface area contributed by atoms with Gasteiger partial charge in [0.15, 0.2) is 0 Å². The zero-order valence-electron chi connectivity index (χ0n) is 9.85. The normalized spacial score (nSPS) is 13.3. The molecule has 0 amide bonds. The third-order valence-corrected chi connectivity index (χ3v) is 3.50. The lowest BCUT2D eigenvalue weighted by Crippen LogP contribution is -2.17. The van der Waals surface area contributed by atoms with Gasteiger partial charge >= 0.3 is 6.18 Å². The molecule has 102 valence electrons. The Bertz CT molecular complexity index is 508. The summed E-state index contributed by atoms with van der Waals surface area (Å²) in [5.41, 5.74) is 4.92. The molecule has 0 spiro atoms. The lowest BCUT2D eigenvalue weighted by atomic mass is 10.2. The third kappa shape index (κ3) is 3.48. The number of ether oxygens (including phenoxy) is 1. The van der Waals surface area contributed by atoms with E-state index in [1.165, 1.54) is 23.5 Å². The lowest BCUT2D eigenvalue weighted by molar-refractivity contribution is -0.137. The van der Waals surface area contributed by atoms with Crippen LogP contribution in [0.5, 0.6) is 5.75 Å². The van der Waals surface area contributed by atoms with Crippen molar-refractivity contribution in [3.8, 4) is 5.75 Å². The van der Waals surface area contributed by atoms with Crippen molar-refractivity contribution in [3.63, 3.8) is 0 Å². The topological polar surface area (TPSA) is 35.2 Å². The van der Waals surface area contributed by atoms with E-state index >= 15 is 0 Å². The van der Waals surface area contributed by atoms with Gasteiger partial charge in [0.1, 0.15) is 11.9 Å². The summed E-state index contributed by atoms with van der Waals surface area (Å²) in [6.45, 7) is 0.265. The summed E-state index contributed by atoms with van der Waals surface area (Å²) >= 11 is 1.50. The van der Waals surface area contributed by atoms with Gasteiger partial charge < -0.3 is 10.5 Å². The lowest BCUT2D eigenvalue weighted by Gasteiger charge is -2.16. The maximum Gasteiger partial charge on any atom is 0.416 e. The Morgan fingerprint density at radius 3 is 2.32 bits per heavy atom. The number of hydrogen-bond donors (Lipinski definition) is 1. The fraction of sp³-hybridized carbons (Fsp3) is 0.231. The molecule has 0 saturated heterocycles. The molecule has 19 heavy (non-hydrogen) atoms. The molecule has 1 aromatic carbocycles. The molecule has 0 bridgehead atoms. The van der Waals surface area contributed by atoms with E-state index in [0.29, 0.717) is 5.75 Å². The monoisotopic (exact) mass is 287 g/mol. The Hall–Kier alpha value is -1.53. The minimum Gasteiger partial charge on any atom is -0.484 e. The first-order valence-corrected chi connectivity index (χ1v) is 6.46. The number of thiophene rings is 1. The van der Waals surface area contributed by atoms with Crippen molar-refractivity contribution >= 4 is 11.3 Å². The summed E-state index contributed by atoms with van der Waals surface area (Å²) in [6, 6.07) is 8.36. The van der Waals surface area contributed by atoms with Crippen LogP contribution in [-0.4, -0.2) is 6.54 Å². The maximum absolute atomic E-state index is 12.4. The van der Waals surface area contributed by atoms with E-state index in [9.17, 15) is 13.2 Å². The van der Waals surface area contributed by atoms with Crippen LogP contribution in [0.15, 0.2) is 41.8 Å². The molecule has 1 heterocycles. The van der Waals surface area contributed by atoms with E-state index in [1.807, 2.05) is 17.5 Å². The fourth-order valence-corrected chi connectivity index (χ4v) is 2.35. The highest BCUT2D eigenvalue weighted by atomic mass is 32.1. The van der Waals surface area contributed by atoms with Crippen LogP contribution in [0.2, 0.25) is 0 Å². The van der Waals surface area contributed by atoms with Crippen LogP contribution >= 0.6 is 11.3 Å². The van der Waals surface area contributed by atoms with Crippen LogP contribution in [0.1, 0.15) is 16.5 Å². The molecule has 0 aliphatic heterocycles. The van der Waals surface area contributed by atoms with Gasteiger partial charge in [0, 0.05) is 11.4 Å². The molecule has 1 aromatic heterocycles. The second-order valence-electron chi connectivity index (χ2n) is 3.88. The predicted octanol–water partition coefficient (Wildman–Crippen LogP) is 3.85. The Morgan fingerprint density at radius 1 is 1.16 bits per heavy atom. The van der Waals surface area contributed by atoms with Crippen molar-refractivity contribution in [1.29, 1.82) is 0 Å². The summed E-state index contributed by atoms with van der Waals surface area (Å²) in [6.07, 6.45) is -4.67. The molecule has 1 unspecified atom stereocenters. The second kappa shape index (κ2) is 5.63. The zero-order chi connectivity index (χ0) is 13.9. The van der Waals surface area contributed by atoms with E-state index in [4.69, 9.17) is 10.5 Å². The van der Waals surface area contributed by atoms with E-state index in [2.05, 4.69) is 0 Å². The third-order valence-electron chi connectivity index (χ3n) is 2.53. The van der Waals surface area contributed by atoms with Crippen molar-refractivity contribution in [2.75, 3.05) is 6.54 Å². The molecule has 0 fully saturated rings. The molecule has 0 aliphatic carbocycles. The van der Waals surface area contributed by atoms with Gasteiger partial charge in [-0.1, -0.05) is 6.07 Å². The highest BCUT2D eigenvalue weighted by molar-refractivity contribution is 7.10. The van der Waals surface area contributed by atoms with E-state index in [0.717, 1.165) is 17.0 Å². The van der Waals surface area contributed by atoms with Crippen LogP contribution in [0.25, 0.3) is 0 Å². The standard InChI is InChI=1S/C13H12F3NOS/c14-13(15,16)9-3-5-10(6-4-9)18-11(8-17)12-2-1-7-19-12/h1-7,11H,8,17H2. The second-order valence-corrected chi connectivity index (χ2v) is 4.86. The first kappa shape index (κ1) is 13.9. The Balaban J connectivity index is 2.11. The number of nitrogens with two attached hydrogens (primary N) is 1. The number of hydrogen-bond acceptors (Lipinski definition) is 3. The van der Waals surface area contributed by atoms with Gasteiger partial charge in [-0.15, -0.1) is 11.3 Å². The minimum atomic E-state index is -4.33. The van der Waals surface area contributed by atoms with Gasteiger partial charge in [-0.2, -0.15) is 13.2 Å². The smallest absolute Gasteiger partial charge is 0.416 e. The predicted molar refractivity (Wildman–Crippen MR) is 68.2 cm³/mol. The minimum absolute atomic E-state index is 0.265. The largest absolute Gasteiger partial charge is 0.484 e. The number of benzene rings is 1. The first-order valence-electron chi connectivity index (χ1n) is 5.58. The molecule has 1 atom stereocenters. The van der Waals surface area contributed by atoms with Gasteiger partial charge in [0.05, 0.1) is 5.56 Å². The fourth-order valence-electron chi connectivity index (χ4n) is 1.58. The maximum atomic E-state index is 12.4. The Morgan fingerprint density at radius 2 is 1.84 bits per heavy atom. The van der Waals surface area contributed by atoms with Crippen molar-refractivity contribution in [3.05, 3.63) is 52.2 Å². The van der Waals surface area contributed by atoms with Crippen LogP contribution in [-0.2, 0) is 6.18 Å². The molecule has 0 saturated carbocycles. The molecule has 0 aliphatic rings. The highest BCUT2D eigenvalue weighted by Gasteiger charge is 2.30. The molecular formula is C13H12F3NOS. The van der Waals surface area contributed by atoms with Gasteiger partial charge in [-0.25, -0.2) is 0 Å².